The number of carbonyl (C=O) groups excluding carboxylic acids is 1. The zero-order valence-corrected chi connectivity index (χ0v) is 13.7. The number of halogens is 1. The van der Waals surface area contributed by atoms with Gasteiger partial charge in [-0.2, -0.15) is 0 Å². The molecule has 0 aliphatic heterocycles. The first kappa shape index (κ1) is 16.1. The van der Waals surface area contributed by atoms with Gasteiger partial charge in [-0.15, -0.1) is 0 Å². The minimum absolute atomic E-state index is 0.0659. The largest absolute Gasteiger partial charge is 0.495 e. The van der Waals surface area contributed by atoms with E-state index in [0.717, 1.165) is 0 Å². The van der Waals surface area contributed by atoms with Gasteiger partial charge in [0.1, 0.15) is 12.3 Å². The number of amides is 1. The lowest BCUT2D eigenvalue weighted by Gasteiger charge is -2.13. The summed E-state index contributed by atoms with van der Waals surface area (Å²) < 4.78 is 6.92. The Hall–Kier alpha value is -2.79. The fourth-order valence-electron chi connectivity index (χ4n) is 2.51. The van der Waals surface area contributed by atoms with Crippen LogP contribution in [0.25, 0.3) is 10.9 Å². The molecule has 6 heteroatoms. The predicted molar refractivity (Wildman–Crippen MR) is 94.8 cm³/mol. The molecule has 1 N–H and O–H groups in total. The molecule has 0 unspecified atom stereocenters. The molecule has 1 amide bonds. The number of nitrogens with zero attached hydrogens (tertiary/aromatic N) is 1. The van der Waals surface area contributed by atoms with Crippen molar-refractivity contribution < 1.29 is 9.53 Å². The van der Waals surface area contributed by atoms with Crippen molar-refractivity contribution in [3.05, 3.63) is 70.0 Å². The summed E-state index contributed by atoms with van der Waals surface area (Å²) in [4.78, 5) is 24.3. The molecule has 1 aromatic heterocycles. The van der Waals surface area contributed by atoms with Crippen LogP contribution in [-0.2, 0) is 11.3 Å². The second kappa shape index (κ2) is 6.76. The number of ether oxygens (including phenoxy) is 1. The Balaban J connectivity index is 1.89. The second-order valence-corrected chi connectivity index (χ2v) is 5.65. The van der Waals surface area contributed by atoms with Gasteiger partial charge in [0, 0.05) is 22.7 Å². The monoisotopic (exact) mass is 342 g/mol. The van der Waals surface area contributed by atoms with E-state index in [1.165, 1.54) is 6.07 Å². The molecule has 5 nitrogen and oxygen atoms in total. The standard InChI is InChI=1S/C18H15ClN2O3/c1-24-17-5-3-2-4-14(17)20-18(23)11-21-9-8-16(22)13-10-12(19)6-7-15(13)21/h2-10H,11H2,1H3,(H,20,23). The maximum absolute atomic E-state index is 12.4. The predicted octanol–water partition coefficient (Wildman–Crippen LogP) is 3.30. The summed E-state index contributed by atoms with van der Waals surface area (Å²) in [5, 5.41) is 3.78. The molecule has 0 aliphatic rings. The fraction of sp³-hybridized carbons (Fsp3) is 0.111. The zero-order chi connectivity index (χ0) is 17.1. The van der Waals surface area contributed by atoms with Crippen molar-refractivity contribution in [2.45, 2.75) is 6.54 Å². The van der Waals surface area contributed by atoms with Crippen LogP contribution >= 0.6 is 11.6 Å². The van der Waals surface area contributed by atoms with Gasteiger partial charge in [0.15, 0.2) is 5.43 Å². The highest BCUT2D eigenvalue weighted by atomic mass is 35.5. The highest BCUT2D eigenvalue weighted by molar-refractivity contribution is 6.31. The number of fused-ring (bicyclic) bond motifs is 1. The number of hydrogen-bond acceptors (Lipinski definition) is 3. The number of carbonyl (C=O) groups is 1. The summed E-state index contributed by atoms with van der Waals surface area (Å²) in [7, 11) is 1.55. The zero-order valence-electron chi connectivity index (χ0n) is 13.0. The van der Waals surface area contributed by atoms with Crippen LogP contribution in [0.5, 0.6) is 5.75 Å². The number of hydrogen-bond donors (Lipinski definition) is 1. The van der Waals surface area contributed by atoms with Crippen molar-refractivity contribution >= 4 is 34.1 Å². The molecular formula is C18H15ClN2O3. The average molecular weight is 343 g/mol. The molecule has 0 fully saturated rings. The highest BCUT2D eigenvalue weighted by Gasteiger charge is 2.10. The van der Waals surface area contributed by atoms with Gasteiger partial charge in [0.25, 0.3) is 0 Å². The molecule has 0 saturated carbocycles. The molecule has 0 radical (unpaired) electrons. The maximum Gasteiger partial charge on any atom is 0.244 e. The van der Waals surface area contributed by atoms with Crippen LogP contribution < -0.4 is 15.5 Å². The van der Waals surface area contributed by atoms with Crippen LogP contribution in [0.2, 0.25) is 5.02 Å². The van der Waals surface area contributed by atoms with E-state index in [1.54, 1.807) is 48.2 Å². The molecule has 3 aromatic rings. The van der Waals surface area contributed by atoms with Gasteiger partial charge < -0.3 is 14.6 Å². The smallest absolute Gasteiger partial charge is 0.244 e. The van der Waals surface area contributed by atoms with E-state index in [0.29, 0.717) is 27.4 Å². The molecule has 3 rings (SSSR count). The Morgan fingerprint density at radius 1 is 1.21 bits per heavy atom. The molecule has 0 bridgehead atoms. The number of pyridine rings is 1. The van der Waals surface area contributed by atoms with Crippen molar-refractivity contribution in [1.82, 2.24) is 4.57 Å². The molecule has 1 heterocycles. The first-order chi connectivity index (χ1) is 11.6. The summed E-state index contributed by atoms with van der Waals surface area (Å²) >= 11 is 5.95. The molecule has 0 atom stereocenters. The number of methoxy groups -OCH3 is 1. The third-order valence-electron chi connectivity index (χ3n) is 3.63. The van der Waals surface area contributed by atoms with Gasteiger partial charge in [0.2, 0.25) is 5.91 Å². The van der Waals surface area contributed by atoms with Gasteiger partial charge in [-0.25, -0.2) is 0 Å². The highest BCUT2D eigenvalue weighted by Crippen LogP contribution is 2.23. The van der Waals surface area contributed by atoms with Crippen molar-refractivity contribution in [2.75, 3.05) is 12.4 Å². The Kier molecular flexibility index (Phi) is 4.53. The first-order valence-electron chi connectivity index (χ1n) is 7.30. The normalized spacial score (nSPS) is 10.6. The minimum atomic E-state index is -0.223. The Morgan fingerprint density at radius 3 is 2.79 bits per heavy atom. The number of anilines is 1. The Labute approximate surface area is 143 Å². The van der Waals surface area contributed by atoms with E-state index in [-0.39, 0.29) is 17.9 Å². The lowest BCUT2D eigenvalue weighted by Crippen LogP contribution is -2.20. The number of rotatable bonds is 4. The van der Waals surface area contributed by atoms with E-state index in [4.69, 9.17) is 16.3 Å². The van der Waals surface area contributed by atoms with E-state index < -0.39 is 0 Å². The quantitative estimate of drug-likeness (QED) is 0.791. The lowest BCUT2D eigenvalue weighted by molar-refractivity contribution is -0.116. The van der Waals surface area contributed by atoms with Gasteiger partial charge in [-0.3, -0.25) is 9.59 Å². The molecule has 0 saturated heterocycles. The number of aromatic nitrogens is 1. The van der Waals surface area contributed by atoms with Gasteiger partial charge in [0.05, 0.1) is 18.3 Å². The van der Waals surface area contributed by atoms with E-state index >= 15 is 0 Å². The lowest BCUT2D eigenvalue weighted by atomic mass is 10.2. The van der Waals surface area contributed by atoms with E-state index in [1.807, 2.05) is 12.1 Å². The van der Waals surface area contributed by atoms with Crippen LogP contribution in [-0.4, -0.2) is 17.6 Å². The third kappa shape index (κ3) is 3.26. The second-order valence-electron chi connectivity index (χ2n) is 5.22. The molecule has 2 aromatic carbocycles. The summed E-state index contributed by atoms with van der Waals surface area (Å²) in [6, 6.07) is 13.6. The molecule has 122 valence electrons. The molecular weight excluding hydrogens is 328 g/mol. The van der Waals surface area contributed by atoms with Crippen LogP contribution in [0.4, 0.5) is 5.69 Å². The molecule has 0 aliphatic carbocycles. The topological polar surface area (TPSA) is 60.3 Å². The summed E-state index contributed by atoms with van der Waals surface area (Å²) in [5.41, 5.74) is 1.12. The summed E-state index contributed by atoms with van der Waals surface area (Å²) in [6.45, 7) is 0.0659. The average Bonchev–Trinajstić information content (AvgIpc) is 2.58. The molecule has 0 spiro atoms. The van der Waals surface area contributed by atoms with Crippen LogP contribution in [0.15, 0.2) is 59.5 Å². The van der Waals surface area contributed by atoms with Gasteiger partial charge in [-0.1, -0.05) is 23.7 Å². The number of benzene rings is 2. The van der Waals surface area contributed by atoms with Crippen LogP contribution in [0, 0.1) is 0 Å². The van der Waals surface area contributed by atoms with Crippen molar-refractivity contribution in [3.63, 3.8) is 0 Å². The maximum atomic E-state index is 12.4. The van der Waals surface area contributed by atoms with Crippen LogP contribution in [0.3, 0.4) is 0 Å². The summed E-state index contributed by atoms with van der Waals surface area (Å²) in [6.07, 6.45) is 1.60. The van der Waals surface area contributed by atoms with Gasteiger partial charge in [-0.05, 0) is 30.3 Å². The number of para-hydroxylation sites is 2. The Bertz CT molecular complexity index is 966. The summed E-state index contributed by atoms with van der Waals surface area (Å²) in [5.74, 6) is 0.363. The fourth-order valence-corrected chi connectivity index (χ4v) is 2.69. The molecule has 24 heavy (non-hydrogen) atoms. The third-order valence-corrected chi connectivity index (χ3v) is 3.87. The number of nitrogens with one attached hydrogen (secondary N) is 1. The SMILES string of the molecule is COc1ccccc1NC(=O)Cn1ccc(=O)c2cc(Cl)ccc21. The van der Waals surface area contributed by atoms with E-state index in [9.17, 15) is 9.59 Å². The minimum Gasteiger partial charge on any atom is -0.495 e. The Morgan fingerprint density at radius 2 is 2.00 bits per heavy atom. The van der Waals surface area contributed by atoms with Gasteiger partial charge >= 0.3 is 0 Å². The van der Waals surface area contributed by atoms with Crippen molar-refractivity contribution in [3.8, 4) is 5.75 Å². The van der Waals surface area contributed by atoms with E-state index in [2.05, 4.69) is 5.32 Å². The van der Waals surface area contributed by atoms with Crippen molar-refractivity contribution in [1.29, 1.82) is 0 Å². The first-order valence-corrected chi connectivity index (χ1v) is 7.68. The van der Waals surface area contributed by atoms with Crippen molar-refractivity contribution in [2.24, 2.45) is 0 Å². The van der Waals surface area contributed by atoms with Crippen LogP contribution in [0.1, 0.15) is 0 Å².